The van der Waals surface area contributed by atoms with Gasteiger partial charge in [-0.1, -0.05) is 40.5 Å². The quantitative estimate of drug-likeness (QED) is 0.594. The minimum absolute atomic E-state index is 0.699. The highest BCUT2D eigenvalue weighted by molar-refractivity contribution is 4.86. The van der Waals surface area contributed by atoms with Gasteiger partial charge in [0.1, 0.15) is 0 Å². The molecule has 0 aliphatic heterocycles. The maximum absolute atomic E-state index is 2.50. The summed E-state index contributed by atoms with van der Waals surface area (Å²) in [5.41, 5.74) is 0.699. The molecular formula is C13H26. The molecule has 1 saturated carbocycles. The Kier molecular flexibility index (Phi) is 3.82. The van der Waals surface area contributed by atoms with E-state index in [4.69, 9.17) is 0 Å². The van der Waals surface area contributed by atoms with Crippen molar-refractivity contribution in [3.63, 3.8) is 0 Å². The molecule has 0 aromatic rings. The lowest BCUT2D eigenvalue weighted by Crippen LogP contribution is -2.13. The molecule has 0 saturated heterocycles. The molecule has 0 aromatic carbocycles. The largest absolute Gasteiger partial charge is 0.0654 e. The zero-order valence-electron chi connectivity index (χ0n) is 9.90. The van der Waals surface area contributed by atoms with Crippen molar-refractivity contribution >= 4 is 0 Å². The van der Waals surface area contributed by atoms with E-state index in [2.05, 4.69) is 27.7 Å². The Morgan fingerprint density at radius 1 is 1.38 bits per heavy atom. The van der Waals surface area contributed by atoms with Crippen LogP contribution in [0.5, 0.6) is 0 Å². The molecule has 1 aliphatic rings. The van der Waals surface area contributed by atoms with Crippen LogP contribution in [-0.4, -0.2) is 0 Å². The minimum Gasteiger partial charge on any atom is -0.0654 e. The molecule has 1 rings (SSSR count). The maximum Gasteiger partial charge on any atom is -0.0323 e. The van der Waals surface area contributed by atoms with Gasteiger partial charge in [0.05, 0.1) is 0 Å². The standard InChI is InChI=1S/C13H26/c1-5-6-8-13(4)9-7-12(10-13)11(2)3/h11-12H,5-10H2,1-4H3. The molecule has 1 fully saturated rings. The van der Waals surface area contributed by atoms with Crippen molar-refractivity contribution in [1.29, 1.82) is 0 Å². The molecule has 2 unspecified atom stereocenters. The van der Waals surface area contributed by atoms with Gasteiger partial charge >= 0.3 is 0 Å². The number of unbranched alkanes of at least 4 members (excludes halogenated alkanes) is 1. The molecule has 0 N–H and O–H groups in total. The molecule has 78 valence electrons. The lowest BCUT2D eigenvalue weighted by atomic mass is 9.81. The van der Waals surface area contributed by atoms with E-state index in [1.54, 1.807) is 0 Å². The smallest absolute Gasteiger partial charge is 0.0323 e. The monoisotopic (exact) mass is 182 g/mol. The van der Waals surface area contributed by atoms with E-state index in [-0.39, 0.29) is 0 Å². The molecule has 0 amide bonds. The molecule has 1 aliphatic carbocycles. The molecule has 0 aromatic heterocycles. The first-order valence-corrected chi connectivity index (χ1v) is 6.07. The van der Waals surface area contributed by atoms with Crippen LogP contribution in [0.2, 0.25) is 0 Å². The number of rotatable bonds is 4. The molecule has 0 heteroatoms. The maximum atomic E-state index is 2.50. The molecule has 2 atom stereocenters. The Morgan fingerprint density at radius 2 is 2.08 bits per heavy atom. The Bertz CT molecular complexity index is 148. The van der Waals surface area contributed by atoms with Crippen molar-refractivity contribution in [2.75, 3.05) is 0 Å². The highest BCUT2D eigenvalue weighted by Gasteiger charge is 2.35. The second-order valence-corrected chi connectivity index (χ2v) is 5.66. The van der Waals surface area contributed by atoms with Crippen LogP contribution in [0.1, 0.15) is 66.2 Å². The van der Waals surface area contributed by atoms with Gasteiger partial charge in [0, 0.05) is 0 Å². The van der Waals surface area contributed by atoms with Crippen LogP contribution < -0.4 is 0 Å². The SMILES string of the molecule is CCCCC1(C)CCC(C(C)C)C1. The van der Waals surface area contributed by atoms with E-state index in [0.29, 0.717) is 5.41 Å². The molecule has 0 bridgehead atoms. The Hall–Kier alpha value is 0. The summed E-state index contributed by atoms with van der Waals surface area (Å²) in [6.45, 7) is 9.58. The van der Waals surface area contributed by atoms with Crippen LogP contribution >= 0.6 is 0 Å². The topological polar surface area (TPSA) is 0 Å². The number of hydrogen-bond donors (Lipinski definition) is 0. The van der Waals surface area contributed by atoms with Gasteiger partial charge < -0.3 is 0 Å². The average molecular weight is 182 g/mol. The first-order chi connectivity index (χ1) is 6.07. The van der Waals surface area contributed by atoms with Gasteiger partial charge in [0.15, 0.2) is 0 Å². The van der Waals surface area contributed by atoms with Crippen LogP contribution in [0, 0.1) is 17.3 Å². The van der Waals surface area contributed by atoms with Crippen molar-refractivity contribution < 1.29 is 0 Å². The molecule has 0 nitrogen and oxygen atoms in total. The van der Waals surface area contributed by atoms with Gasteiger partial charge in [0.2, 0.25) is 0 Å². The van der Waals surface area contributed by atoms with E-state index in [9.17, 15) is 0 Å². The summed E-state index contributed by atoms with van der Waals surface area (Å²) in [7, 11) is 0. The average Bonchev–Trinajstić information content (AvgIpc) is 2.46. The van der Waals surface area contributed by atoms with Gasteiger partial charge in [-0.15, -0.1) is 0 Å². The highest BCUT2D eigenvalue weighted by Crippen LogP contribution is 2.47. The highest BCUT2D eigenvalue weighted by atomic mass is 14.4. The van der Waals surface area contributed by atoms with Gasteiger partial charge in [-0.3, -0.25) is 0 Å². The predicted molar refractivity (Wildman–Crippen MR) is 59.8 cm³/mol. The van der Waals surface area contributed by atoms with Crippen LogP contribution in [0.15, 0.2) is 0 Å². The summed E-state index contributed by atoms with van der Waals surface area (Å²) >= 11 is 0. The zero-order valence-corrected chi connectivity index (χ0v) is 9.90. The van der Waals surface area contributed by atoms with Crippen LogP contribution in [0.4, 0.5) is 0 Å². The van der Waals surface area contributed by atoms with Crippen molar-refractivity contribution in [2.24, 2.45) is 17.3 Å². The normalized spacial score (nSPS) is 34.4. The fourth-order valence-corrected chi connectivity index (χ4v) is 2.77. The summed E-state index contributed by atoms with van der Waals surface area (Å²) < 4.78 is 0. The first-order valence-electron chi connectivity index (χ1n) is 6.07. The Balaban J connectivity index is 2.37. The summed E-state index contributed by atoms with van der Waals surface area (Å²) in [6.07, 6.45) is 8.72. The van der Waals surface area contributed by atoms with Crippen LogP contribution in [-0.2, 0) is 0 Å². The first kappa shape index (κ1) is 11.1. The van der Waals surface area contributed by atoms with E-state index in [1.165, 1.54) is 38.5 Å². The summed E-state index contributed by atoms with van der Waals surface area (Å²) in [6, 6.07) is 0. The zero-order chi connectivity index (χ0) is 9.90. The Morgan fingerprint density at radius 3 is 2.54 bits per heavy atom. The van der Waals surface area contributed by atoms with E-state index in [0.717, 1.165) is 11.8 Å². The fraction of sp³-hybridized carbons (Fsp3) is 1.00. The third-order valence-electron chi connectivity index (χ3n) is 3.95. The van der Waals surface area contributed by atoms with Crippen molar-refractivity contribution in [1.82, 2.24) is 0 Å². The van der Waals surface area contributed by atoms with Crippen molar-refractivity contribution in [2.45, 2.75) is 66.2 Å². The fourth-order valence-electron chi connectivity index (χ4n) is 2.77. The lowest BCUT2D eigenvalue weighted by molar-refractivity contribution is 0.268. The minimum atomic E-state index is 0.699. The van der Waals surface area contributed by atoms with Gasteiger partial charge in [-0.25, -0.2) is 0 Å². The van der Waals surface area contributed by atoms with Crippen molar-refractivity contribution in [3.8, 4) is 0 Å². The lowest BCUT2D eigenvalue weighted by Gasteiger charge is -2.24. The van der Waals surface area contributed by atoms with E-state index < -0.39 is 0 Å². The van der Waals surface area contributed by atoms with Crippen molar-refractivity contribution in [3.05, 3.63) is 0 Å². The number of hydrogen-bond acceptors (Lipinski definition) is 0. The van der Waals surface area contributed by atoms with Crippen LogP contribution in [0.25, 0.3) is 0 Å². The third kappa shape index (κ3) is 3.00. The van der Waals surface area contributed by atoms with E-state index in [1.807, 2.05) is 0 Å². The van der Waals surface area contributed by atoms with Gasteiger partial charge in [0.25, 0.3) is 0 Å². The molecule has 13 heavy (non-hydrogen) atoms. The summed E-state index contributed by atoms with van der Waals surface area (Å²) in [4.78, 5) is 0. The van der Waals surface area contributed by atoms with Gasteiger partial charge in [-0.05, 0) is 42.9 Å². The van der Waals surface area contributed by atoms with Gasteiger partial charge in [-0.2, -0.15) is 0 Å². The molecular weight excluding hydrogens is 156 g/mol. The predicted octanol–water partition coefficient (Wildman–Crippen LogP) is 4.64. The molecule has 0 spiro atoms. The molecule has 0 radical (unpaired) electrons. The summed E-state index contributed by atoms with van der Waals surface area (Å²) in [5, 5.41) is 0. The van der Waals surface area contributed by atoms with E-state index >= 15 is 0 Å². The summed E-state index contributed by atoms with van der Waals surface area (Å²) in [5.74, 6) is 1.92. The Labute approximate surface area is 84.1 Å². The third-order valence-corrected chi connectivity index (χ3v) is 3.95. The second-order valence-electron chi connectivity index (χ2n) is 5.66. The molecule has 0 heterocycles. The van der Waals surface area contributed by atoms with Crippen LogP contribution in [0.3, 0.4) is 0 Å². The second kappa shape index (κ2) is 4.48.